The van der Waals surface area contributed by atoms with Gasteiger partial charge in [-0.2, -0.15) is 0 Å². The van der Waals surface area contributed by atoms with E-state index in [4.69, 9.17) is 15.2 Å². The summed E-state index contributed by atoms with van der Waals surface area (Å²) in [7, 11) is 1.60. The first kappa shape index (κ1) is 12.5. The number of benzene rings is 1. The van der Waals surface area contributed by atoms with Crippen LogP contribution in [0.2, 0.25) is 0 Å². The summed E-state index contributed by atoms with van der Waals surface area (Å²) >= 11 is 0. The van der Waals surface area contributed by atoms with E-state index in [-0.39, 0.29) is 12.6 Å². The number of nitrogens with two attached hydrogens (primary N) is 1. The molecule has 0 saturated carbocycles. The van der Waals surface area contributed by atoms with E-state index >= 15 is 0 Å². The number of carbonyl (C=O) groups excluding carboxylic acids is 1. The molecule has 0 aromatic heterocycles. The van der Waals surface area contributed by atoms with Crippen molar-refractivity contribution in [3.63, 3.8) is 0 Å². The zero-order chi connectivity index (χ0) is 12.0. The van der Waals surface area contributed by atoms with E-state index in [0.717, 1.165) is 11.3 Å². The number of rotatable bonds is 5. The van der Waals surface area contributed by atoms with Gasteiger partial charge in [0, 0.05) is 0 Å². The van der Waals surface area contributed by atoms with Gasteiger partial charge in [-0.15, -0.1) is 0 Å². The molecule has 2 N–H and O–H groups in total. The Morgan fingerprint density at radius 2 is 2.25 bits per heavy atom. The molecule has 0 heterocycles. The summed E-state index contributed by atoms with van der Waals surface area (Å²) in [5.74, 6) is 0.374. The highest BCUT2D eigenvalue weighted by atomic mass is 16.5. The highest BCUT2D eigenvalue weighted by Gasteiger charge is 2.12. The summed E-state index contributed by atoms with van der Waals surface area (Å²) in [6, 6.07) is 6.84. The van der Waals surface area contributed by atoms with Crippen LogP contribution in [-0.4, -0.2) is 19.1 Å². The van der Waals surface area contributed by atoms with Crippen LogP contribution >= 0.6 is 0 Å². The molecule has 4 heteroatoms. The Labute approximate surface area is 95.3 Å². The van der Waals surface area contributed by atoms with Gasteiger partial charge >= 0.3 is 5.97 Å². The third-order valence-electron chi connectivity index (χ3n) is 2.26. The van der Waals surface area contributed by atoms with Gasteiger partial charge in [0.15, 0.2) is 0 Å². The van der Waals surface area contributed by atoms with E-state index in [1.54, 1.807) is 7.11 Å². The minimum absolute atomic E-state index is 0.226. The van der Waals surface area contributed by atoms with Crippen molar-refractivity contribution < 1.29 is 14.3 Å². The van der Waals surface area contributed by atoms with Gasteiger partial charge in [-0.1, -0.05) is 19.1 Å². The minimum atomic E-state index is -0.536. The molecule has 1 atom stereocenters. The Balaban J connectivity index is 2.51. The molecular formula is C12H17NO3. The van der Waals surface area contributed by atoms with E-state index < -0.39 is 6.04 Å². The fraction of sp³-hybridized carbons (Fsp3) is 0.417. The van der Waals surface area contributed by atoms with Crippen LogP contribution in [-0.2, 0) is 16.1 Å². The molecule has 0 unspecified atom stereocenters. The SMILES string of the molecule is CC[C@@H](N)C(=O)OCc1cccc(OC)c1. The largest absolute Gasteiger partial charge is 0.497 e. The molecule has 0 amide bonds. The van der Waals surface area contributed by atoms with Crippen molar-refractivity contribution in [3.8, 4) is 5.75 Å². The van der Waals surface area contributed by atoms with Gasteiger partial charge in [0.05, 0.1) is 7.11 Å². The number of hydrogen-bond acceptors (Lipinski definition) is 4. The number of methoxy groups -OCH3 is 1. The van der Waals surface area contributed by atoms with Crippen molar-refractivity contribution in [3.05, 3.63) is 29.8 Å². The first-order chi connectivity index (χ1) is 7.67. The van der Waals surface area contributed by atoms with Gasteiger partial charge in [0.2, 0.25) is 0 Å². The zero-order valence-electron chi connectivity index (χ0n) is 9.60. The van der Waals surface area contributed by atoms with Gasteiger partial charge in [-0.25, -0.2) is 0 Å². The van der Waals surface area contributed by atoms with Gasteiger partial charge in [-0.05, 0) is 24.1 Å². The van der Waals surface area contributed by atoms with E-state index in [1.807, 2.05) is 31.2 Å². The Bertz CT molecular complexity index is 352. The summed E-state index contributed by atoms with van der Waals surface area (Å²) < 4.78 is 10.1. The van der Waals surface area contributed by atoms with Crippen LogP contribution in [0.1, 0.15) is 18.9 Å². The fourth-order valence-electron chi connectivity index (χ4n) is 1.19. The van der Waals surface area contributed by atoms with Crippen molar-refractivity contribution in [1.82, 2.24) is 0 Å². The second-order valence-electron chi connectivity index (χ2n) is 3.47. The van der Waals surface area contributed by atoms with E-state index in [1.165, 1.54) is 0 Å². The molecular weight excluding hydrogens is 206 g/mol. The maximum Gasteiger partial charge on any atom is 0.323 e. The average Bonchev–Trinajstić information content (AvgIpc) is 2.35. The molecule has 0 aliphatic heterocycles. The van der Waals surface area contributed by atoms with Crippen molar-refractivity contribution >= 4 is 5.97 Å². The molecule has 1 aromatic carbocycles. The Hall–Kier alpha value is -1.55. The van der Waals surface area contributed by atoms with Crippen molar-refractivity contribution in [2.45, 2.75) is 26.0 Å². The lowest BCUT2D eigenvalue weighted by Gasteiger charge is -2.09. The molecule has 88 valence electrons. The maximum atomic E-state index is 11.3. The zero-order valence-corrected chi connectivity index (χ0v) is 9.60. The van der Waals surface area contributed by atoms with Gasteiger partial charge < -0.3 is 15.2 Å². The summed E-state index contributed by atoms with van der Waals surface area (Å²) in [6.45, 7) is 2.07. The molecule has 0 bridgehead atoms. The third kappa shape index (κ3) is 3.55. The number of esters is 1. The fourth-order valence-corrected chi connectivity index (χ4v) is 1.19. The maximum absolute atomic E-state index is 11.3. The standard InChI is InChI=1S/C12H17NO3/c1-3-11(13)12(14)16-8-9-5-4-6-10(7-9)15-2/h4-7,11H,3,8,13H2,1-2H3/t11-/m1/s1. The monoisotopic (exact) mass is 223 g/mol. The molecule has 0 fully saturated rings. The van der Waals surface area contributed by atoms with E-state index in [0.29, 0.717) is 6.42 Å². The molecule has 0 saturated heterocycles. The second-order valence-corrected chi connectivity index (χ2v) is 3.47. The molecule has 0 radical (unpaired) electrons. The van der Waals surface area contributed by atoms with Crippen LogP contribution in [0.15, 0.2) is 24.3 Å². The first-order valence-corrected chi connectivity index (χ1v) is 5.22. The molecule has 1 rings (SSSR count). The lowest BCUT2D eigenvalue weighted by molar-refractivity contribution is -0.146. The minimum Gasteiger partial charge on any atom is -0.497 e. The molecule has 4 nitrogen and oxygen atoms in total. The Morgan fingerprint density at radius 1 is 1.50 bits per heavy atom. The summed E-state index contributed by atoms with van der Waals surface area (Å²) in [6.07, 6.45) is 0.580. The molecule has 0 spiro atoms. The van der Waals surface area contributed by atoms with Gasteiger partial charge in [-0.3, -0.25) is 4.79 Å². The normalized spacial score (nSPS) is 11.9. The summed E-state index contributed by atoms with van der Waals surface area (Å²) in [5, 5.41) is 0. The second kappa shape index (κ2) is 6.12. The lowest BCUT2D eigenvalue weighted by atomic mass is 10.2. The lowest BCUT2D eigenvalue weighted by Crippen LogP contribution is -2.31. The smallest absolute Gasteiger partial charge is 0.323 e. The molecule has 0 aliphatic carbocycles. The van der Waals surface area contributed by atoms with Crippen LogP contribution in [0.3, 0.4) is 0 Å². The number of hydrogen-bond donors (Lipinski definition) is 1. The van der Waals surface area contributed by atoms with E-state index in [2.05, 4.69) is 0 Å². The molecule has 1 aromatic rings. The van der Waals surface area contributed by atoms with Crippen molar-refractivity contribution in [2.75, 3.05) is 7.11 Å². The van der Waals surface area contributed by atoms with Crippen LogP contribution in [0, 0.1) is 0 Å². The Kier molecular flexibility index (Phi) is 4.79. The predicted octanol–water partition coefficient (Wildman–Crippen LogP) is 1.48. The molecule has 0 aliphatic rings. The number of carbonyl (C=O) groups is 1. The predicted molar refractivity (Wildman–Crippen MR) is 61.1 cm³/mol. The quantitative estimate of drug-likeness (QED) is 0.768. The van der Waals surface area contributed by atoms with Crippen molar-refractivity contribution in [2.24, 2.45) is 5.73 Å². The summed E-state index contributed by atoms with van der Waals surface area (Å²) in [5.41, 5.74) is 6.42. The highest BCUT2D eigenvalue weighted by molar-refractivity contribution is 5.75. The van der Waals surface area contributed by atoms with Crippen LogP contribution in [0.5, 0.6) is 5.75 Å². The van der Waals surface area contributed by atoms with Gasteiger partial charge in [0.1, 0.15) is 18.4 Å². The van der Waals surface area contributed by atoms with Crippen LogP contribution in [0.25, 0.3) is 0 Å². The van der Waals surface area contributed by atoms with Crippen LogP contribution < -0.4 is 10.5 Å². The summed E-state index contributed by atoms with van der Waals surface area (Å²) in [4.78, 5) is 11.3. The van der Waals surface area contributed by atoms with Crippen LogP contribution in [0.4, 0.5) is 0 Å². The topological polar surface area (TPSA) is 61.6 Å². The molecule has 16 heavy (non-hydrogen) atoms. The van der Waals surface area contributed by atoms with Crippen molar-refractivity contribution in [1.29, 1.82) is 0 Å². The van der Waals surface area contributed by atoms with Gasteiger partial charge in [0.25, 0.3) is 0 Å². The highest BCUT2D eigenvalue weighted by Crippen LogP contribution is 2.13. The number of ether oxygens (including phenoxy) is 2. The third-order valence-corrected chi connectivity index (χ3v) is 2.26. The van der Waals surface area contributed by atoms with E-state index in [9.17, 15) is 4.79 Å². The average molecular weight is 223 g/mol. The first-order valence-electron chi connectivity index (χ1n) is 5.22. The Morgan fingerprint density at radius 3 is 2.88 bits per heavy atom.